The average molecular weight is 783 g/mol. The highest BCUT2D eigenvalue weighted by atomic mass is 32.1. The lowest BCUT2D eigenvalue weighted by molar-refractivity contribution is -0.166. The number of unbranched alkanes of at least 4 members (excludes halogenated alkanes) is 6. The van der Waals surface area contributed by atoms with Gasteiger partial charge in [0.15, 0.2) is 5.11 Å². The van der Waals surface area contributed by atoms with Crippen LogP contribution < -0.4 is 26.6 Å². The van der Waals surface area contributed by atoms with Gasteiger partial charge in [0.2, 0.25) is 29.5 Å². The zero-order valence-corrected chi connectivity index (χ0v) is 32.6. The van der Waals surface area contributed by atoms with Crippen molar-refractivity contribution in [3.8, 4) is 0 Å². The Bertz CT molecular complexity index is 1310. The first-order valence-corrected chi connectivity index (χ1v) is 19.1. The van der Waals surface area contributed by atoms with E-state index < -0.39 is 17.7 Å². The van der Waals surface area contributed by atoms with Crippen molar-refractivity contribution in [2.75, 3.05) is 49.9 Å². The van der Waals surface area contributed by atoms with E-state index in [1.807, 2.05) is 31.2 Å². The number of carbonyl (C=O) groups is 5. The number of thiocarbonyl (C=S) groups is 2. The van der Waals surface area contributed by atoms with Gasteiger partial charge in [-0.15, -0.1) is 0 Å². The van der Waals surface area contributed by atoms with Crippen LogP contribution >= 0.6 is 24.4 Å². The van der Waals surface area contributed by atoms with Gasteiger partial charge < -0.3 is 26.6 Å². The first-order valence-electron chi connectivity index (χ1n) is 18.3. The summed E-state index contributed by atoms with van der Waals surface area (Å²) in [4.78, 5) is 60.0. The van der Waals surface area contributed by atoms with Crippen molar-refractivity contribution in [2.24, 2.45) is 0 Å². The topological polar surface area (TPSA) is 216 Å². The maximum atomic E-state index is 12.2. The van der Waals surface area contributed by atoms with Crippen molar-refractivity contribution in [3.63, 3.8) is 0 Å². The van der Waals surface area contributed by atoms with E-state index in [0.717, 1.165) is 35.6 Å². The minimum Gasteiger partial charge on any atom is -0.362 e. The van der Waals surface area contributed by atoms with E-state index >= 15 is 0 Å². The SMILES string of the molecule is CCC(=S)Nc1ccc(NC(=S)NCCCCCN(O)C(=O)CCC(=O)NCCCCCN(O)C(=O)CCC(=O)NCCCCCN(O)C(C)=O)cc1. The van der Waals surface area contributed by atoms with E-state index in [9.17, 15) is 39.6 Å². The fourth-order valence-electron chi connectivity index (χ4n) is 4.69. The molecule has 0 saturated carbocycles. The van der Waals surface area contributed by atoms with Crippen LogP contribution in [-0.4, -0.2) is 110 Å². The van der Waals surface area contributed by atoms with Crippen LogP contribution in [0, 0.1) is 0 Å². The van der Waals surface area contributed by atoms with E-state index in [-0.39, 0.29) is 57.1 Å². The fraction of sp³-hybridized carbons (Fsp3) is 0.629. The quantitative estimate of drug-likeness (QED) is 0.0274. The molecule has 1 rings (SSSR count). The Morgan fingerprint density at radius 3 is 1.38 bits per heavy atom. The van der Waals surface area contributed by atoms with E-state index in [1.165, 1.54) is 6.92 Å². The van der Waals surface area contributed by atoms with Crippen LogP contribution in [0.15, 0.2) is 24.3 Å². The van der Waals surface area contributed by atoms with Gasteiger partial charge in [-0.2, -0.15) is 0 Å². The second-order valence-electron chi connectivity index (χ2n) is 12.4. The summed E-state index contributed by atoms with van der Waals surface area (Å²) in [6, 6.07) is 7.64. The third kappa shape index (κ3) is 24.1. The Morgan fingerprint density at radius 2 is 0.962 bits per heavy atom. The third-order valence-electron chi connectivity index (χ3n) is 7.89. The Hall–Kier alpha value is -3.97. The first kappa shape index (κ1) is 47.1. The van der Waals surface area contributed by atoms with Gasteiger partial charge in [0.1, 0.15) is 0 Å². The summed E-state index contributed by atoms with van der Waals surface area (Å²) >= 11 is 10.5. The first-order chi connectivity index (χ1) is 25.3. The molecule has 0 aliphatic carbocycles. The second-order valence-corrected chi connectivity index (χ2v) is 13.3. The molecule has 0 aliphatic rings. The lowest BCUT2D eigenvalue weighted by Crippen LogP contribution is -2.31. The minimum atomic E-state index is -0.557. The maximum Gasteiger partial charge on any atom is 0.246 e. The molecule has 1 aromatic rings. The Kier molecular flexibility index (Phi) is 25.3. The van der Waals surface area contributed by atoms with Crippen LogP contribution in [0.25, 0.3) is 0 Å². The van der Waals surface area contributed by atoms with Crippen LogP contribution in [-0.2, 0) is 24.0 Å². The van der Waals surface area contributed by atoms with Crippen molar-refractivity contribution in [2.45, 2.75) is 104 Å². The van der Waals surface area contributed by atoms with Gasteiger partial charge in [0.25, 0.3) is 0 Å². The average Bonchev–Trinajstić information content (AvgIpc) is 3.13. The predicted octanol–water partition coefficient (Wildman–Crippen LogP) is 4.10. The maximum absolute atomic E-state index is 12.2. The molecule has 53 heavy (non-hydrogen) atoms. The third-order valence-corrected chi connectivity index (χ3v) is 8.53. The predicted molar refractivity (Wildman–Crippen MR) is 209 cm³/mol. The van der Waals surface area contributed by atoms with Crippen LogP contribution in [0.1, 0.15) is 104 Å². The number of anilines is 2. The molecule has 0 aliphatic heterocycles. The summed E-state index contributed by atoms with van der Waals surface area (Å²) in [6.07, 6.45) is 6.29. The largest absolute Gasteiger partial charge is 0.362 e. The Labute approximate surface area is 323 Å². The Morgan fingerprint density at radius 1 is 0.566 bits per heavy atom. The monoisotopic (exact) mass is 782 g/mol. The van der Waals surface area contributed by atoms with Crippen molar-refractivity contribution in [3.05, 3.63) is 24.3 Å². The summed E-state index contributed by atoms with van der Waals surface area (Å²) in [5, 5.41) is 46.5. The number of carbonyl (C=O) groups excluding carboxylic acids is 5. The lowest BCUT2D eigenvalue weighted by Gasteiger charge is -2.15. The van der Waals surface area contributed by atoms with E-state index in [1.54, 1.807) is 0 Å². The summed E-state index contributed by atoms with van der Waals surface area (Å²) in [5.41, 5.74) is 1.76. The second kappa shape index (κ2) is 28.5. The molecular formula is C35H58N8O8S2. The van der Waals surface area contributed by atoms with Gasteiger partial charge in [-0.1, -0.05) is 19.1 Å². The highest BCUT2D eigenvalue weighted by Crippen LogP contribution is 2.14. The molecule has 0 radical (unpaired) electrons. The number of benzene rings is 1. The van der Waals surface area contributed by atoms with E-state index in [0.29, 0.717) is 84.9 Å². The zero-order valence-electron chi connectivity index (χ0n) is 31.0. The molecule has 18 heteroatoms. The Balaban J connectivity index is 2.02. The molecule has 0 saturated heterocycles. The molecule has 0 aromatic heterocycles. The lowest BCUT2D eigenvalue weighted by atomic mass is 10.2. The number of nitrogens with one attached hydrogen (secondary N) is 5. The van der Waals surface area contributed by atoms with Gasteiger partial charge in [-0.05, 0) is 101 Å². The number of nitrogens with zero attached hydrogens (tertiary/aromatic N) is 3. The van der Waals surface area contributed by atoms with Crippen LogP contribution in [0.5, 0.6) is 0 Å². The van der Waals surface area contributed by atoms with Gasteiger partial charge >= 0.3 is 0 Å². The van der Waals surface area contributed by atoms with Crippen LogP contribution in [0.4, 0.5) is 11.4 Å². The van der Waals surface area contributed by atoms with Crippen molar-refractivity contribution in [1.29, 1.82) is 0 Å². The molecule has 298 valence electrons. The molecule has 0 bridgehead atoms. The molecular weight excluding hydrogens is 725 g/mol. The van der Waals surface area contributed by atoms with Crippen molar-refractivity contribution in [1.82, 2.24) is 31.1 Å². The van der Waals surface area contributed by atoms with Crippen molar-refractivity contribution >= 4 is 75.4 Å². The fourth-order valence-corrected chi connectivity index (χ4v) is 5.03. The number of rotatable bonds is 27. The van der Waals surface area contributed by atoms with Crippen molar-refractivity contribution < 1.29 is 39.6 Å². The zero-order chi connectivity index (χ0) is 39.4. The van der Waals surface area contributed by atoms with Crippen LogP contribution in [0.2, 0.25) is 0 Å². The normalized spacial score (nSPS) is 10.5. The molecule has 5 amide bonds. The molecule has 16 nitrogen and oxygen atoms in total. The summed E-state index contributed by atoms with van der Waals surface area (Å²) in [5.74, 6) is -2.11. The summed E-state index contributed by atoms with van der Waals surface area (Å²) < 4.78 is 0. The van der Waals surface area contributed by atoms with Crippen LogP contribution in [0.3, 0.4) is 0 Å². The smallest absolute Gasteiger partial charge is 0.246 e. The van der Waals surface area contributed by atoms with Gasteiger partial charge in [0.05, 0.1) is 4.99 Å². The van der Waals surface area contributed by atoms with E-state index in [2.05, 4.69) is 26.6 Å². The number of hydrogen-bond donors (Lipinski definition) is 8. The van der Waals surface area contributed by atoms with Gasteiger partial charge in [-0.3, -0.25) is 39.6 Å². The molecule has 0 unspecified atom stereocenters. The van der Waals surface area contributed by atoms with E-state index in [4.69, 9.17) is 24.4 Å². The van der Waals surface area contributed by atoms with Gasteiger partial charge in [0, 0.05) is 83.3 Å². The molecule has 8 N–H and O–H groups in total. The standard InChI is InChI=1S/C35H58N8O8S2/c1-3-32(52)39-28-13-15-29(16-14-28)40-35(53)38-23-9-6-12-26-43(51)34(48)20-18-31(46)37-22-8-5-11-25-42(50)33(47)19-17-30(45)36-21-7-4-10-24-41(49)27(2)44/h13-16,49-51H,3-12,17-26H2,1-2H3,(H,36,45)(H,37,46)(H,39,52)(H2,38,40,53). The molecule has 1 aromatic carbocycles. The molecule has 0 fully saturated rings. The number of hydrogen-bond acceptors (Lipinski definition) is 10. The molecule has 0 spiro atoms. The highest BCUT2D eigenvalue weighted by Gasteiger charge is 2.14. The molecule has 0 heterocycles. The number of amides is 5. The highest BCUT2D eigenvalue weighted by molar-refractivity contribution is 7.80. The summed E-state index contributed by atoms with van der Waals surface area (Å²) in [6.45, 7) is 5.17. The summed E-state index contributed by atoms with van der Waals surface area (Å²) in [7, 11) is 0. The minimum absolute atomic E-state index is 0.0499. The van der Waals surface area contributed by atoms with Gasteiger partial charge in [-0.25, -0.2) is 15.2 Å². The number of hydroxylamine groups is 6. The molecule has 0 atom stereocenters.